The molecule has 0 radical (unpaired) electrons. The fraction of sp³-hybridized carbons (Fsp3) is 0.500. The molecule has 96 valence electrons. The van der Waals surface area contributed by atoms with Crippen molar-refractivity contribution in [2.75, 3.05) is 5.73 Å². The second kappa shape index (κ2) is 4.28. The summed E-state index contributed by atoms with van der Waals surface area (Å²) in [5.41, 5.74) is 6.99. The van der Waals surface area contributed by atoms with E-state index in [9.17, 15) is 9.90 Å². The van der Waals surface area contributed by atoms with Gasteiger partial charge in [-0.05, 0) is 43.9 Å². The van der Waals surface area contributed by atoms with Gasteiger partial charge in [0.2, 0.25) is 0 Å². The van der Waals surface area contributed by atoms with Gasteiger partial charge in [-0.25, -0.2) is 0 Å². The van der Waals surface area contributed by atoms with Gasteiger partial charge in [-0.15, -0.1) is 0 Å². The van der Waals surface area contributed by atoms with E-state index in [1.807, 2.05) is 17.0 Å². The molecule has 1 amide bonds. The average Bonchev–Trinajstić information content (AvgIpc) is 2.61. The molecule has 2 aliphatic rings. The van der Waals surface area contributed by atoms with E-state index >= 15 is 0 Å². The fourth-order valence-corrected chi connectivity index (χ4v) is 3.30. The van der Waals surface area contributed by atoms with Crippen LogP contribution >= 0.6 is 0 Å². The summed E-state index contributed by atoms with van der Waals surface area (Å²) in [5, 5.41) is 9.75. The second-order valence-electron chi connectivity index (χ2n) is 5.35. The van der Waals surface area contributed by atoms with Crippen LogP contribution in [0.4, 0.5) is 5.69 Å². The average molecular weight is 246 g/mol. The first kappa shape index (κ1) is 11.5. The van der Waals surface area contributed by atoms with Crippen LogP contribution in [0.25, 0.3) is 0 Å². The summed E-state index contributed by atoms with van der Waals surface area (Å²) >= 11 is 0. The number of nitrogens with two attached hydrogens (primary N) is 1. The van der Waals surface area contributed by atoms with Gasteiger partial charge in [0, 0.05) is 23.3 Å². The number of hydrogen-bond acceptors (Lipinski definition) is 3. The van der Waals surface area contributed by atoms with E-state index in [1.165, 1.54) is 0 Å². The molecule has 3 rings (SSSR count). The maximum absolute atomic E-state index is 12.5. The lowest BCUT2D eigenvalue weighted by molar-refractivity contribution is 0.0287. The number of rotatable bonds is 1. The quantitative estimate of drug-likeness (QED) is 0.736. The van der Waals surface area contributed by atoms with Crippen LogP contribution in [-0.4, -0.2) is 34.1 Å². The number of carbonyl (C=O) groups is 1. The highest BCUT2D eigenvalue weighted by molar-refractivity contribution is 5.95. The van der Waals surface area contributed by atoms with E-state index in [0.717, 1.165) is 12.8 Å². The minimum atomic E-state index is -0.243. The van der Waals surface area contributed by atoms with Gasteiger partial charge in [-0.1, -0.05) is 6.07 Å². The number of anilines is 1. The molecule has 3 N–H and O–H groups in total. The molecule has 2 aliphatic heterocycles. The van der Waals surface area contributed by atoms with Crippen LogP contribution in [0, 0.1) is 0 Å². The standard InChI is InChI=1S/C14H18N2O2/c15-10-3-1-2-9(6-10)14(18)16-11-4-5-12(16)8-13(17)7-11/h1-3,6,11-13,17H,4-5,7-8,15H2. The molecule has 4 heteroatoms. The minimum Gasteiger partial charge on any atom is -0.399 e. The van der Waals surface area contributed by atoms with Crippen molar-refractivity contribution in [3.63, 3.8) is 0 Å². The third-order valence-corrected chi connectivity index (χ3v) is 4.08. The molecular formula is C14H18N2O2. The Morgan fingerprint density at radius 3 is 2.56 bits per heavy atom. The highest BCUT2D eigenvalue weighted by atomic mass is 16.3. The van der Waals surface area contributed by atoms with Crippen LogP contribution in [0.2, 0.25) is 0 Å². The first-order chi connectivity index (χ1) is 8.65. The monoisotopic (exact) mass is 246 g/mol. The molecular weight excluding hydrogens is 228 g/mol. The molecule has 2 unspecified atom stereocenters. The fourth-order valence-electron chi connectivity index (χ4n) is 3.30. The number of aliphatic hydroxyl groups is 1. The Hall–Kier alpha value is -1.55. The maximum Gasteiger partial charge on any atom is 0.254 e. The number of piperidine rings is 1. The van der Waals surface area contributed by atoms with Crippen molar-refractivity contribution in [3.05, 3.63) is 29.8 Å². The maximum atomic E-state index is 12.5. The van der Waals surface area contributed by atoms with Crippen LogP contribution < -0.4 is 5.73 Å². The molecule has 2 atom stereocenters. The van der Waals surface area contributed by atoms with Gasteiger partial charge in [0.05, 0.1) is 6.10 Å². The number of nitrogens with zero attached hydrogens (tertiary/aromatic N) is 1. The van der Waals surface area contributed by atoms with Gasteiger partial charge in [0.15, 0.2) is 0 Å². The van der Waals surface area contributed by atoms with Gasteiger partial charge in [-0.3, -0.25) is 4.79 Å². The first-order valence-electron chi connectivity index (χ1n) is 6.51. The van der Waals surface area contributed by atoms with Crippen molar-refractivity contribution >= 4 is 11.6 Å². The van der Waals surface area contributed by atoms with Crippen LogP contribution in [-0.2, 0) is 0 Å². The van der Waals surface area contributed by atoms with Crippen molar-refractivity contribution in [1.82, 2.24) is 4.90 Å². The second-order valence-corrected chi connectivity index (χ2v) is 5.35. The molecule has 4 nitrogen and oxygen atoms in total. The van der Waals surface area contributed by atoms with Gasteiger partial charge in [0.1, 0.15) is 0 Å². The lowest BCUT2D eigenvalue weighted by Gasteiger charge is -2.37. The van der Waals surface area contributed by atoms with Crippen molar-refractivity contribution in [1.29, 1.82) is 0 Å². The molecule has 2 bridgehead atoms. The SMILES string of the molecule is Nc1cccc(C(=O)N2C3CCC2CC(O)C3)c1. The summed E-state index contributed by atoms with van der Waals surface area (Å²) < 4.78 is 0. The molecule has 2 fully saturated rings. The molecule has 18 heavy (non-hydrogen) atoms. The van der Waals surface area contributed by atoms with Crippen LogP contribution in [0.3, 0.4) is 0 Å². The van der Waals surface area contributed by atoms with Crippen LogP contribution in [0.15, 0.2) is 24.3 Å². The van der Waals surface area contributed by atoms with E-state index in [1.54, 1.807) is 12.1 Å². The summed E-state index contributed by atoms with van der Waals surface area (Å²) in [6, 6.07) is 7.53. The zero-order chi connectivity index (χ0) is 12.7. The predicted molar refractivity (Wildman–Crippen MR) is 69.1 cm³/mol. The van der Waals surface area contributed by atoms with Crippen LogP contribution in [0.1, 0.15) is 36.0 Å². The molecule has 1 aromatic carbocycles. The molecule has 1 aromatic rings. The topological polar surface area (TPSA) is 66.6 Å². The first-order valence-corrected chi connectivity index (χ1v) is 6.51. The van der Waals surface area contributed by atoms with E-state index in [-0.39, 0.29) is 24.1 Å². The van der Waals surface area contributed by atoms with Crippen molar-refractivity contribution in [2.45, 2.75) is 43.9 Å². The molecule has 2 heterocycles. The van der Waals surface area contributed by atoms with E-state index in [0.29, 0.717) is 24.1 Å². The summed E-state index contributed by atoms with van der Waals surface area (Å²) in [7, 11) is 0. The predicted octanol–water partition coefficient (Wildman–Crippen LogP) is 1.40. The Bertz CT molecular complexity index is 461. The van der Waals surface area contributed by atoms with Gasteiger partial charge in [-0.2, -0.15) is 0 Å². The van der Waals surface area contributed by atoms with Crippen LogP contribution in [0.5, 0.6) is 0 Å². The normalized spacial score (nSPS) is 30.5. The van der Waals surface area contributed by atoms with Gasteiger partial charge in [0.25, 0.3) is 5.91 Å². The number of hydrogen-bond donors (Lipinski definition) is 2. The summed E-state index contributed by atoms with van der Waals surface area (Å²) in [4.78, 5) is 14.5. The zero-order valence-electron chi connectivity index (χ0n) is 10.2. The highest BCUT2D eigenvalue weighted by Gasteiger charge is 2.42. The lowest BCUT2D eigenvalue weighted by atomic mass is 9.98. The molecule has 0 aromatic heterocycles. The smallest absolute Gasteiger partial charge is 0.254 e. The van der Waals surface area contributed by atoms with E-state index in [4.69, 9.17) is 5.73 Å². The summed E-state index contributed by atoms with van der Waals surface area (Å²) in [6.45, 7) is 0. The third kappa shape index (κ3) is 1.86. The number of carbonyl (C=O) groups excluding carboxylic acids is 1. The number of amides is 1. The Labute approximate surface area is 106 Å². The number of benzene rings is 1. The highest BCUT2D eigenvalue weighted by Crippen LogP contribution is 2.36. The largest absolute Gasteiger partial charge is 0.399 e. The molecule has 0 spiro atoms. The molecule has 0 aliphatic carbocycles. The Morgan fingerprint density at radius 1 is 1.28 bits per heavy atom. The number of nitrogen functional groups attached to an aromatic ring is 1. The zero-order valence-corrected chi connectivity index (χ0v) is 10.2. The minimum absolute atomic E-state index is 0.0571. The van der Waals surface area contributed by atoms with Gasteiger partial charge < -0.3 is 15.7 Å². The van der Waals surface area contributed by atoms with Crippen molar-refractivity contribution in [3.8, 4) is 0 Å². The Balaban J connectivity index is 1.85. The molecule has 2 saturated heterocycles. The Morgan fingerprint density at radius 2 is 1.94 bits per heavy atom. The van der Waals surface area contributed by atoms with E-state index in [2.05, 4.69) is 0 Å². The lowest BCUT2D eigenvalue weighted by Crippen LogP contribution is -2.48. The van der Waals surface area contributed by atoms with Crippen molar-refractivity contribution in [2.24, 2.45) is 0 Å². The third-order valence-electron chi connectivity index (χ3n) is 4.08. The molecule has 0 saturated carbocycles. The summed E-state index contributed by atoms with van der Waals surface area (Å²) in [5.74, 6) is 0.0571. The van der Waals surface area contributed by atoms with Gasteiger partial charge >= 0.3 is 0 Å². The number of fused-ring (bicyclic) bond motifs is 2. The number of aliphatic hydroxyl groups excluding tert-OH is 1. The van der Waals surface area contributed by atoms with Crippen molar-refractivity contribution < 1.29 is 9.90 Å². The summed E-state index contributed by atoms with van der Waals surface area (Å²) in [6.07, 6.45) is 3.20. The Kier molecular flexibility index (Phi) is 2.74. The van der Waals surface area contributed by atoms with E-state index < -0.39 is 0 Å².